The van der Waals surface area contributed by atoms with Gasteiger partial charge in [0.1, 0.15) is 0 Å². The summed E-state index contributed by atoms with van der Waals surface area (Å²) in [5.74, 6) is 7.55. The van der Waals surface area contributed by atoms with Crippen LogP contribution in [0, 0.1) is 81.8 Å². The molecule has 4 aliphatic carbocycles. The SMILES string of the molecule is CCCCCCCCCC1CCC(C(CCOCCC(C2CCC(C#N)CC2)C2CCC(CCCCCCCCC)CC2)C2CCC(C#N)CC2)CC1. The van der Waals surface area contributed by atoms with Gasteiger partial charge in [0, 0.05) is 25.0 Å². The molecule has 53 heavy (non-hydrogen) atoms. The fourth-order valence-corrected chi connectivity index (χ4v) is 12.2. The van der Waals surface area contributed by atoms with Crippen molar-refractivity contribution in [3.05, 3.63) is 0 Å². The lowest BCUT2D eigenvalue weighted by Gasteiger charge is -2.41. The topological polar surface area (TPSA) is 56.8 Å². The van der Waals surface area contributed by atoms with E-state index in [-0.39, 0.29) is 0 Å². The van der Waals surface area contributed by atoms with Crippen molar-refractivity contribution in [1.82, 2.24) is 0 Å². The highest BCUT2D eigenvalue weighted by atomic mass is 16.5. The number of hydrogen-bond donors (Lipinski definition) is 0. The van der Waals surface area contributed by atoms with Crippen molar-refractivity contribution in [2.45, 2.75) is 232 Å². The van der Waals surface area contributed by atoms with Crippen LogP contribution < -0.4 is 0 Å². The molecule has 0 saturated heterocycles. The average molecular weight is 733 g/mol. The zero-order chi connectivity index (χ0) is 37.4. The molecule has 0 N–H and O–H groups in total. The molecule has 4 rings (SSSR count). The van der Waals surface area contributed by atoms with Gasteiger partial charge in [-0.1, -0.05) is 142 Å². The van der Waals surface area contributed by atoms with E-state index in [0.717, 1.165) is 86.2 Å². The summed E-state index contributed by atoms with van der Waals surface area (Å²) in [6.45, 7) is 6.52. The fraction of sp³-hybridized carbons (Fsp3) is 0.960. The molecule has 0 radical (unpaired) electrons. The van der Waals surface area contributed by atoms with Crippen LogP contribution in [0.1, 0.15) is 232 Å². The Morgan fingerprint density at radius 3 is 1.04 bits per heavy atom. The largest absolute Gasteiger partial charge is 0.381 e. The van der Waals surface area contributed by atoms with Gasteiger partial charge in [-0.15, -0.1) is 0 Å². The van der Waals surface area contributed by atoms with Crippen LogP contribution in [0.2, 0.25) is 0 Å². The summed E-state index contributed by atoms with van der Waals surface area (Å²) in [6, 6.07) is 5.20. The minimum Gasteiger partial charge on any atom is -0.381 e. The molecule has 0 aliphatic heterocycles. The molecule has 0 aromatic carbocycles. The van der Waals surface area contributed by atoms with Crippen LogP contribution in [0.5, 0.6) is 0 Å². The molecule has 0 amide bonds. The Hall–Kier alpha value is -1.06. The van der Waals surface area contributed by atoms with Gasteiger partial charge in [0.25, 0.3) is 0 Å². The Kier molecular flexibility index (Phi) is 23.2. The zero-order valence-corrected chi connectivity index (χ0v) is 35.5. The molecule has 4 fully saturated rings. The summed E-state index contributed by atoms with van der Waals surface area (Å²) in [7, 11) is 0. The molecule has 4 saturated carbocycles. The van der Waals surface area contributed by atoms with Crippen LogP contribution in [-0.2, 0) is 4.74 Å². The number of nitriles is 2. The van der Waals surface area contributed by atoms with E-state index in [1.54, 1.807) is 0 Å². The molecule has 0 heterocycles. The van der Waals surface area contributed by atoms with Crippen LogP contribution in [0.15, 0.2) is 0 Å². The van der Waals surface area contributed by atoms with Crippen LogP contribution in [-0.4, -0.2) is 13.2 Å². The van der Waals surface area contributed by atoms with Gasteiger partial charge in [-0.2, -0.15) is 10.5 Å². The Morgan fingerprint density at radius 2 is 0.717 bits per heavy atom. The lowest BCUT2D eigenvalue weighted by Crippen LogP contribution is -2.32. The molecule has 0 aromatic heterocycles. The normalized spacial score (nSPS) is 30.6. The highest BCUT2D eigenvalue weighted by Crippen LogP contribution is 2.46. The van der Waals surface area contributed by atoms with Gasteiger partial charge in [0.15, 0.2) is 0 Å². The standard InChI is InChI=1S/C50H88N2O/c1-3-5-7-9-11-13-15-17-41-19-27-45(28-20-41)49(47-31-23-43(39-51)24-32-47)35-37-53-38-36-50(48-33-25-44(40-52)26-34-48)46-29-21-42(22-30-46)18-16-14-12-10-8-6-4-2/h41-50H,3-38H2,1-2H3. The summed E-state index contributed by atoms with van der Waals surface area (Å²) in [6.07, 6.45) is 46.7. The number of nitrogens with zero attached hydrogens (tertiary/aromatic N) is 2. The Morgan fingerprint density at radius 1 is 0.415 bits per heavy atom. The molecule has 4 aliphatic rings. The van der Waals surface area contributed by atoms with Crippen molar-refractivity contribution < 1.29 is 4.74 Å². The summed E-state index contributed by atoms with van der Waals surface area (Å²) >= 11 is 0. The first-order valence-electron chi connectivity index (χ1n) is 24.5. The minimum absolute atomic E-state index is 0.302. The minimum atomic E-state index is 0.302. The van der Waals surface area contributed by atoms with Crippen LogP contribution >= 0.6 is 0 Å². The number of unbranched alkanes of at least 4 members (excludes halogenated alkanes) is 12. The highest BCUT2D eigenvalue weighted by molar-refractivity contribution is 4.92. The molecule has 3 nitrogen and oxygen atoms in total. The van der Waals surface area contributed by atoms with Crippen LogP contribution in [0.25, 0.3) is 0 Å². The molecule has 0 spiro atoms. The smallest absolute Gasteiger partial charge is 0.0655 e. The van der Waals surface area contributed by atoms with E-state index in [1.165, 1.54) is 193 Å². The zero-order valence-electron chi connectivity index (χ0n) is 35.5. The Balaban J connectivity index is 1.21. The van der Waals surface area contributed by atoms with Crippen LogP contribution in [0.4, 0.5) is 0 Å². The first-order valence-corrected chi connectivity index (χ1v) is 24.5. The molecular formula is C50H88N2O. The van der Waals surface area contributed by atoms with E-state index in [4.69, 9.17) is 4.74 Å². The third-order valence-electron chi connectivity index (χ3n) is 15.7. The summed E-state index contributed by atoms with van der Waals surface area (Å²) < 4.78 is 6.68. The lowest BCUT2D eigenvalue weighted by atomic mass is 9.65. The highest BCUT2D eigenvalue weighted by Gasteiger charge is 2.36. The molecule has 3 heteroatoms. The van der Waals surface area contributed by atoms with E-state index in [2.05, 4.69) is 26.0 Å². The summed E-state index contributed by atoms with van der Waals surface area (Å²) in [5, 5.41) is 19.2. The van der Waals surface area contributed by atoms with E-state index >= 15 is 0 Å². The maximum Gasteiger partial charge on any atom is 0.0655 e. The molecule has 0 aromatic rings. The summed E-state index contributed by atoms with van der Waals surface area (Å²) in [4.78, 5) is 0. The molecule has 304 valence electrons. The number of ether oxygens (including phenoxy) is 1. The number of rotatable bonds is 26. The van der Waals surface area contributed by atoms with Gasteiger partial charge in [-0.05, 0) is 137 Å². The Labute approximate surface area is 330 Å². The maximum atomic E-state index is 9.60. The van der Waals surface area contributed by atoms with Crippen molar-refractivity contribution >= 4 is 0 Å². The lowest BCUT2D eigenvalue weighted by molar-refractivity contribution is 0.0396. The van der Waals surface area contributed by atoms with E-state index in [9.17, 15) is 10.5 Å². The average Bonchev–Trinajstić information content (AvgIpc) is 3.21. The summed E-state index contributed by atoms with van der Waals surface area (Å²) in [5.41, 5.74) is 0. The van der Waals surface area contributed by atoms with Gasteiger partial charge in [0.2, 0.25) is 0 Å². The van der Waals surface area contributed by atoms with Crippen molar-refractivity contribution in [2.24, 2.45) is 59.2 Å². The third kappa shape index (κ3) is 16.9. The van der Waals surface area contributed by atoms with Gasteiger partial charge >= 0.3 is 0 Å². The van der Waals surface area contributed by atoms with Gasteiger partial charge in [0.05, 0.1) is 12.1 Å². The third-order valence-corrected chi connectivity index (χ3v) is 15.7. The van der Waals surface area contributed by atoms with Crippen molar-refractivity contribution in [3.63, 3.8) is 0 Å². The van der Waals surface area contributed by atoms with Crippen molar-refractivity contribution in [1.29, 1.82) is 10.5 Å². The predicted octanol–water partition coefficient (Wildman–Crippen LogP) is 15.6. The molecule has 2 unspecified atom stereocenters. The first kappa shape index (κ1) is 44.7. The molecular weight excluding hydrogens is 645 g/mol. The van der Waals surface area contributed by atoms with Crippen molar-refractivity contribution in [2.75, 3.05) is 13.2 Å². The second kappa shape index (κ2) is 27.5. The fourth-order valence-electron chi connectivity index (χ4n) is 12.2. The van der Waals surface area contributed by atoms with Gasteiger partial charge in [-0.3, -0.25) is 0 Å². The van der Waals surface area contributed by atoms with Gasteiger partial charge < -0.3 is 4.74 Å². The monoisotopic (exact) mass is 733 g/mol. The molecule has 2 atom stereocenters. The maximum absolute atomic E-state index is 9.60. The van der Waals surface area contributed by atoms with Crippen molar-refractivity contribution in [3.8, 4) is 12.1 Å². The second-order valence-electron chi connectivity index (χ2n) is 19.4. The molecule has 0 bridgehead atoms. The van der Waals surface area contributed by atoms with E-state index < -0.39 is 0 Å². The van der Waals surface area contributed by atoms with E-state index in [1.807, 2.05) is 0 Å². The Bertz CT molecular complexity index is 886. The van der Waals surface area contributed by atoms with Crippen LogP contribution in [0.3, 0.4) is 0 Å². The first-order chi connectivity index (χ1) is 26.1. The van der Waals surface area contributed by atoms with E-state index in [0.29, 0.717) is 11.8 Å². The number of hydrogen-bond acceptors (Lipinski definition) is 3. The second-order valence-corrected chi connectivity index (χ2v) is 19.4. The van der Waals surface area contributed by atoms with Gasteiger partial charge in [-0.25, -0.2) is 0 Å². The quantitative estimate of drug-likeness (QED) is 0.0832. The predicted molar refractivity (Wildman–Crippen MR) is 225 cm³/mol.